The highest BCUT2D eigenvalue weighted by Crippen LogP contribution is 2.29. The summed E-state index contributed by atoms with van der Waals surface area (Å²) in [5.74, 6) is 1.43. The fourth-order valence-electron chi connectivity index (χ4n) is 3.90. The smallest absolute Gasteiger partial charge is 0.191 e. The Labute approximate surface area is 188 Å². The Bertz CT molecular complexity index is 584. The van der Waals surface area contributed by atoms with E-state index in [0.29, 0.717) is 38.0 Å². The van der Waals surface area contributed by atoms with Crippen LogP contribution in [0.4, 0.5) is 0 Å². The third-order valence-corrected chi connectivity index (χ3v) is 7.72. The summed E-state index contributed by atoms with van der Waals surface area (Å²) in [5, 5.41) is 6.81. The summed E-state index contributed by atoms with van der Waals surface area (Å²) in [7, 11) is -3.20. The van der Waals surface area contributed by atoms with Crippen molar-refractivity contribution in [2.24, 2.45) is 10.9 Å². The third kappa shape index (κ3) is 7.60. The highest BCUT2D eigenvalue weighted by molar-refractivity contribution is 14.0. The van der Waals surface area contributed by atoms with Crippen LogP contribution in [0.1, 0.15) is 46.5 Å². The predicted molar refractivity (Wildman–Crippen MR) is 126 cm³/mol. The molecule has 28 heavy (non-hydrogen) atoms. The molecule has 166 valence electrons. The van der Waals surface area contributed by atoms with Crippen molar-refractivity contribution in [3.8, 4) is 0 Å². The van der Waals surface area contributed by atoms with E-state index in [9.17, 15) is 8.42 Å². The van der Waals surface area contributed by atoms with E-state index < -0.39 is 14.6 Å². The maximum absolute atomic E-state index is 12.4. The van der Waals surface area contributed by atoms with Gasteiger partial charge in [-0.2, -0.15) is 0 Å². The van der Waals surface area contributed by atoms with Crippen molar-refractivity contribution in [1.29, 1.82) is 0 Å². The predicted octanol–water partition coefficient (Wildman–Crippen LogP) is 1.87. The molecule has 2 aliphatic rings. The Kier molecular flexibility index (Phi) is 11.0. The van der Waals surface area contributed by atoms with Crippen LogP contribution < -0.4 is 10.6 Å². The molecule has 0 saturated carbocycles. The number of nitrogens with zero attached hydrogens (tertiary/aromatic N) is 2. The van der Waals surface area contributed by atoms with E-state index in [0.717, 1.165) is 45.0 Å². The first kappa shape index (κ1) is 25.9. The van der Waals surface area contributed by atoms with Gasteiger partial charge in [0.25, 0.3) is 0 Å². The monoisotopic (exact) mass is 530 g/mol. The van der Waals surface area contributed by atoms with Gasteiger partial charge in [0.05, 0.1) is 11.3 Å². The minimum atomic E-state index is -3.20. The van der Waals surface area contributed by atoms with E-state index in [2.05, 4.69) is 34.4 Å². The van der Waals surface area contributed by atoms with Crippen LogP contribution in [0.3, 0.4) is 0 Å². The van der Waals surface area contributed by atoms with Gasteiger partial charge in [-0.3, -0.25) is 4.99 Å². The molecule has 0 aliphatic carbocycles. The van der Waals surface area contributed by atoms with Crippen molar-refractivity contribution < 1.29 is 13.2 Å². The maximum atomic E-state index is 12.4. The number of sulfone groups is 1. The highest BCUT2D eigenvalue weighted by Gasteiger charge is 2.42. The lowest BCUT2D eigenvalue weighted by Crippen LogP contribution is -2.50. The van der Waals surface area contributed by atoms with Crippen LogP contribution in [0, 0.1) is 5.92 Å². The lowest BCUT2D eigenvalue weighted by Gasteiger charge is -2.35. The standard InChI is InChI=1S/C19H38N4O3S.HI/c1-5-20-18(22-17-6-10-23(11-7-17)14-16(2)3)21-15-19(27(4,24)25)8-12-26-13-9-19;/h16-17H,5-15H2,1-4H3,(H2,20,21,22);1H. The SMILES string of the molecule is CCNC(=NCC1(S(C)(=O)=O)CCOCC1)NC1CCN(CC(C)C)CC1.I. The molecule has 0 unspecified atom stereocenters. The Morgan fingerprint density at radius 3 is 2.36 bits per heavy atom. The summed E-state index contributed by atoms with van der Waals surface area (Å²) in [6, 6.07) is 0.384. The van der Waals surface area contributed by atoms with Crippen molar-refractivity contribution in [1.82, 2.24) is 15.5 Å². The number of piperidine rings is 1. The van der Waals surface area contributed by atoms with Crippen LogP contribution in [0.2, 0.25) is 0 Å². The van der Waals surface area contributed by atoms with Crippen molar-refractivity contribution in [2.45, 2.75) is 57.2 Å². The van der Waals surface area contributed by atoms with Crippen molar-refractivity contribution in [3.05, 3.63) is 0 Å². The zero-order chi connectivity index (χ0) is 19.9. The molecule has 0 atom stereocenters. The number of likely N-dealkylation sites (tertiary alicyclic amines) is 1. The Balaban J connectivity index is 0.00000392. The number of nitrogens with one attached hydrogen (secondary N) is 2. The fraction of sp³-hybridized carbons (Fsp3) is 0.947. The molecule has 0 spiro atoms. The van der Waals surface area contributed by atoms with Crippen LogP contribution in [-0.4, -0.2) is 82.3 Å². The molecule has 2 heterocycles. The average Bonchev–Trinajstić information content (AvgIpc) is 2.61. The summed E-state index contributed by atoms with van der Waals surface area (Å²) in [6.45, 7) is 11.9. The fourth-order valence-corrected chi connectivity index (χ4v) is 5.11. The first-order valence-corrected chi connectivity index (χ1v) is 12.2. The number of ether oxygens (including phenoxy) is 1. The number of halogens is 1. The second-order valence-corrected chi connectivity index (χ2v) is 10.8. The van der Waals surface area contributed by atoms with E-state index >= 15 is 0 Å². The van der Waals surface area contributed by atoms with Crippen molar-refractivity contribution >= 4 is 39.8 Å². The van der Waals surface area contributed by atoms with Crippen LogP contribution in [0.15, 0.2) is 4.99 Å². The third-order valence-electron chi connectivity index (χ3n) is 5.61. The van der Waals surface area contributed by atoms with E-state index in [4.69, 9.17) is 4.74 Å². The molecule has 2 rings (SSSR count). The van der Waals surface area contributed by atoms with Crippen LogP contribution in [0.5, 0.6) is 0 Å². The second-order valence-electron chi connectivity index (χ2n) is 8.38. The molecule has 0 aromatic heterocycles. The average molecular weight is 531 g/mol. The second kappa shape index (κ2) is 11.9. The Morgan fingerprint density at radius 1 is 1.25 bits per heavy atom. The molecule has 0 amide bonds. The van der Waals surface area contributed by atoms with Crippen LogP contribution >= 0.6 is 24.0 Å². The van der Waals surface area contributed by atoms with Gasteiger partial charge in [0.1, 0.15) is 0 Å². The van der Waals surface area contributed by atoms with E-state index in [1.807, 2.05) is 6.92 Å². The van der Waals surface area contributed by atoms with Gasteiger partial charge in [-0.15, -0.1) is 24.0 Å². The van der Waals surface area contributed by atoms with Gasteiger partial charge in [-0.1, -0.05) is 13.8 Å². The normalized spacial score (nSPS) is 22.0. The lowest BCUT2D eigenvalue weighted by atomic mass is 9.99. The van der Waals surface area contributed by atoms with Gasteiger partial charge in [0.2, 0.25) is 0 Å². The highest BCUT2D eigenvalue weighted by atomic mass is 127. The van der Waals surface area contributed by atoms with Crippen molar-refractivity contribution in [2.75, 3.05) is 52.2 Å². The summed E-state index contributed by atoms with van der Waals surface area (Å²) >= 11 is 0. The van der Waals surface area contributed by atoms with E-state index in [1.165, 1.54) is 6.26 Å². The largest absolute Gasteiger partial charge is 0.381 e. The summed E-state index contributed by atoms with van der Waals surface area (Å²) < 4.78 is 29.4. The Hall–Kier alpha value is -0.130. The molecule has 2 N–H and O–H groups in total. The van der Waals surface area contributed by atoms with Gasteiger partial charge in [-0.25, -0.2) is 8.42 Å². The molecule has 9 heteroatoms. The molecule has 2 aliphatic heterocycles. The molecule has 2 saturated heterocycles. The first-order chi connectivity index (χ1) is 12.8. The van der Waals surface area contributed by atoms with E-state index in [-0.39, 0.29) is 30.5 Å². The van der Waals surface area contributed by atoms with Gasteiger partial charge in [0.15, 0.2) is 15.8 Å². The molecule has 2 fully saturated rings. The molecule has 0 aromatic rings. The first-order valence-electron chi connectivity index (χ1n) is 10.3. The molecule has 0 bridgehead atoms. The summed E-state index contributed by atoms with van der Waals surface area (Å²) in [4.78, 5) is 7.20. The molecular formula is C19H39IN4O3S. The minimum Gasteiger partial charge on any atom is -0.381 e. The minimum absolute atomic E-state index is 0. The topological polar surface area (TPSA) is 83.0 Å². The number of aliphatic imine (C=N–C) groups is 1. The Morgan fingerprint density at radius 2 is 1.86 bits per heavy atom. The van der Waals surface area contributed by atoms with Crippen LogP contribution in [0.25, 0.3) is 0 Å². The van der Waals surface area contributed by atoms with Gasteiger partial charge >= 0.3 is 0 Å². The number of hydrogen-bond donors (Lipinski definition) is 2. The van der Waals surface area contributed by atoms with Gasteiger partial charge in [-0.05, 0) is 38.5 Å². The zero-order valence-corrected chi connectivity index (χ0v) is 21.0. The maximum Gasteiger partial charge on any atom is 0.191 e. The number of rotatable bonds is 7. The van der Waals surface area contributed by atoms with E-state index in [1.54, 1.807) is 0 Å². The lowest BCUT2D eigenvalue weighted by molar-refractivity contribution is 0.0768. The molecule has 7 nitrogen and oxygen atoms in total. The molecular weight excluding hydrogens is 491 g/mol. The summed E-state index contributed by atoms with van der Waals surface area (Å²) in [5.41, 5.74) is 0. The molecule has 0 radical (unpaired) electrons. The van der Waals surface area contributed by atoms with Crippen LogP contribution in [-0.2, 0) is 14.6 Å². The van der Waals surface area contributed by atoms with Crippen molar-refractivity contribution in [3.63, 3.8) is 0 Å². The van der Waals surface area contributed by atoms with Gasteiger partial charge < -0.3 is 20.3 Å². The number of guanidine groups is 1. The van der Waals surface area contributed by atoms with Gasteiger partial charge in [0, 0.05) is 51.7 Å². The zero-order valence-electron chi connectivity index (χ0n) is 17.9. The molecule has 0 aromatic carbocycles. The summed E-state index contributed by atoms with van der Waals surface area (Å²) in [6.07, 6.45) is 4.54. The number of hydrogen-bond acceptors (Lipinski definition) is 5. The quantitative estimate of drug-likeness (QED) is 0.297.